The molecule has 10 heteroatoms. The van der Waals surface area contributed by atoms with Gasteiger partial charge >= 0.3 is 0 Å². The fraction of sp³-hybridized carbons (Fsp3) is 0.647. The third-order valence-electron chi connectivity index (χ3n) is 7.08. The molecule has 27 heavy (non-hydrogen) atoms. The van der Waals surface area contributed by atoms with E-state index >= 15 is 0 Å². The smallest absolute Gasteiger partial charge is 0.259 e. The maximum atomic E-state index is 12.1. The van der Waals surface area contributed by atoms with E-state index in [1.54, 1.807) is 26.0 Å². The Bertz CT molecular complexity index is 789. The number of nitro groups is 2. The molecule has 4 bridgehead atoms. The first-order valence-electron chi connectivity index (χ1n) is 8.74. The number of nitrogens with zero attached hydrogens (tertiary/aromatic N) is 4. The van der Waals surface area contributed by atoms with Crippen LogP contribution in [0.4, 0.5) is 0 Å². The number of benzene rings is 1. The van der Waals surface area contributed by atoms with Crippen molar-refractivity contribution in [1.29, 1.82) is 0 Å². The van der Waals surface area contributed by atoms with Gasteiger partial charge in [-0.25, -0.2) is 0 Å². The van der Waals surface area contributed by atoms with Gasteiger partial charge in [-0.05, 0) is 31.5 Å². The molecule has 4 saturated heterocycles. The molecule has 4 fully saturated rings. The summed E-state index contributed by atoms with van der Waals surface area (Å²) < 4.78 is 5.17. The lowest BCUT2D eigenvalue weighted by atomic mass is 9.53. The van der Waals surface area contributed by atoms with Gasteiger partial charge in [0, 0.05) is 9.85 Å². The Balaban J connectivity index is 1.82. The molecule has 0 amide bonds. The first-order chi connectivity index (χ1) is 12.6. The molecule has 1 aromatic carbocycles. The maximum Gasteiger partial charge on any atom is 0.259 e. The van der Waals surface area contributed by atoms with Crippen molar-refractivity contribution in [1.82, 2.24) is 9.80 Å². The molecule has 0 aliphatic carbocycles. The number of hydrogen-bond donors (Lipinski definition) is 1. The van der Waals surface area contributed by atoms with Crippen LogP contribution in [-0.4, -0.2) is 69.1 Å². The van der Waals surface area contributed by atoms with Crippen molar-refractivity contribution in [3.05, 3.63) is 44.0 Å². The van der Waals surface area contributed by atoms with Crippen molar-refractivity contribution in [3.8, 4) is 11.5 Å². The van der Waals surface area contributed by atoms with Gasteiger partial charge in [0.2, 0.25) is 0 Å². The van der Waals surface area contributed by atoms with E-state index < -0.39 is 16.5 Å². The standard InChI is InChI=1S/C17H22N4O6/c1-15(2)16(20(23)24)7-18-9-17(15,21(25)26)10-19(8-16)14(18)11-4-5-12(22)13(6-11)27-3/h4-6,14,22H,7-10H2,1-3H3. The fourth-order valence-corrected chi connectivity index (χ4v) is 5.32. The SMILES string of the molecule is COc1cc(C2N3CC4([N+](=O)[O-])CN2CC([N+](=O)[O-])(C3)C4(C)C)ccc1O. The average molecular weight is 378 g/mol. The van der Waals surface area contributed by atoms with Gasteiger partial charge in [0.05, 0.1) is 39.5 Å². The summed E-state index contributed by atoms with van der Waals surface area (Å²) >= 11 is 0. The molecule has 146 valence electrons. The molecule has 1 aromatic rings. The van der Waals surface area contributed by atoms with E-state index in [0.717, 1.165) is 5.56 Å². The zero-order valence-corrected chi connectivity index (χ0v) is 15.4. The van der Waals surface area contributed by atoms with Crippen LogP contribution in [0.15, 0.2) is 18.2 Å². The highest BCUT2D eigenvalue weighted by Gasteiger charge is 2.81. The van der Waals surface area contributed by atoms with Crippen molar-refractivity contribution in [2.75, 3.05) is 33.3 Å². The molecule has 0 radical (unpaired) electrons. The molecular weight excluding hydrogens is 356 g/mol. The summed E-state index contributed by atoms with van der Waals surface area (Å²) in [4.78, 5) is 27.2. The number of hydrogen-bond acceptors (Lipinski definition) is 8. The summed E-state index contributed by atoms with van der Waals surface area (Å²) in [5, 5.41) is 34.0. The first kappa shape index (κ1) is 17.9. The number of aromatic hydroxyl groups is 1. The molecular formula is C17H22N4O6. The highest BCUT2D eigenvalue weighted by Crippen LogP contribution is 2.58. The Hall–Kier alpha value is -2.46. The van der Waals surface area contributed by atoms with E-state index in [0.29, 0.717) is 5.75 Å². The van der Waals surface area contributed by atoms with Crippen LogP contribution in [0.5, 0.6) is 11.5 Å². The highest BCUT2D eigenvalue weighted by molar-refractivity contribution is 5.43. The normalized spacial score (nSPS) is 38.6. The lowest BCUT2D eigenvalue weighted by molar-refractivity contribution is -0.679. The Morgan fingerprint density at radius 3 is 1.96 bits per heavy atom. The van der Waals surface area contributed by atoms with Crippen LogP contribution in [0.3, 0.4) is 0 Å². The minimum absolute atomic E-state index is 0.000256. The quantitative estimate of drug-likeness (QED) is 0.610. The van der Waals surface area contributed by atoms with Crippen LogP contribution >= 0.6 is 0 Å². The lowest BCUT2D eigenvalue weighted by Crippen LogP contribution is -2.88. The third kappa shape index (κ3) is 1.97. The topological polar surface area (TPSA) is 122 Å². The minimum Gasteiger partial charge on any atom is -0.504 e. The van der Waals surface area contributed by atoms with Crippen LogP contribution in [0, 0.1) is 25.6 Å². The van der Waals surface area contributed by atoms with Gasteiger partial charge in [0.1, 0.15) is 5.41 Å². The Morgan fingerprint density at radius 2 is 1.56 bits per heavy atom. The Morgan fingerprint density at radius 1 is 1.07 bits per heavy atom. The number of piperidine rings is 2. The van der Waals surface area contributed by atoms with Crippen LogP contribution in [0.1, 0.15) is 25.6 Å². The Labute approximate surface area is 155 Å². The molecule has 5 rings (SSSR count). The molecule has 0 aromatic heterocycles. The summed E-state index contributed by atoms with van der Waals surface area (Å²) in [6.07, 6.45) is -0.322. The largest absolute Gasteiger partial charge is 0.504 e. The van der Waals surface area contributed by atoms with E-state index in [4.69, 9.17) is 4.74 Å². The number of ether oxygens (including phenoxy) is 1. The number of methoxy groups -OCH3 is 1. The second-order valence-electron chi connectivity index (χ2n) is 8.32. The zero-order chi connectivity index (χ0) is 19.8. The second-order valence-corrected chi connectivity index (χ2v) is 8.32. The van der Waals surface area contributed by atoms with Crippen LogP contribution in [-0.2, 0) is 0 Å². The van der Waals surface area contributed by atoms with Crippen LogP contribution < -0.4 is 4.74 Å². The van der Waals surface area contributed by atoms with Crippen molar-refractivity contribution >= 4 is 0 Å². The first-order valence-corrected chi connectivity index (χ1v) is 8.74. The average Bonchev–Trinajstić information content (AvgIpc) is 2.58. The Kier molecular flexibility index (Phi) is 3.51. The molecule has 0 spiro atoms. The third-order valence-corrected chi connectivity index (χ3v) is 7.08. The van der Waals surface area contributed by atoms with E-state index in [2.05, 4.69) is 0 Å². The van der Waals surface area contributed by atoms with Crippen molar-refractivity contribution in [2.24, 2.45) is 5.41 Å². The summed E-state index contributed by atoms with van der Waals surface area (Å²) in [6.45, 7) is 3.91. The van der Waals surface area contributed by atoms with E-state index in [-0.39, 0.29) is 47.9 Å². The van der Waals surface area contributed by atoms with Gasteiger partial charge in [0.15, 0.2) is 11.5 Å². The predicted molar refractivity (Wildman–Crippen MR) is 93.8 cm³/mol. The molecule has 0 atom stereocenters. The molecule has 4 aliphatic heterocycles. The summed E-state index contributed by atoms with van der Waals surface area (Å²) in [7, 11) is 1.45. The summed E-state index contributed by atoms with van der Waals surface area (Å²) in [5.41, 5.74) is -3.11. The predicted octanol–water partition coefficient (Wildman–Crippen LogP) is 1.10. The van der Waals surface area contributed by atoms with Crippen molar-refractivity contribution in [2.45, 2.75) is 31.1 Å². The zero-order valence-electron chi connectivity index (χ0n) is 15.4. The van der Waals surface area contributed by atoms with E-state index in [9.17, 15) is 25.3 Å². The van der Waals surface area contributed by atoms with Gasteiger partial charge < -0.3 is 9.84 Å². The van der Waals surface area contributed by atoms with Crippen LogP contribution in [0.2, 0.25) is 0 Å². The van der Waals surface area contributed by atoms with E-state index in [1.807, 2.05) is 9.80 Å². The minimum atomic E-state index is -1.41. The number of phenolic OH excluding ortho intramolecular Hbond substituents is 1. The van der Waals surface area contributed by atoms with Crippen molar-refractivity contribution < 1.29 is 19.7 Å². The molecule has 0 unspecified atom stereocenters. The molecule has 4 heterocycles. The molecule has 0 saturated carbocycles. The maximum absolute atomic E-state index is 12.1. The van der Waals surface area contributed by atoms with Gasteiger partial charge in [-0.15, -0.1) is 0 Å². The fourth-order valence-electron chi connectivity index (χ4n) is 5.32. The number of phenols is 1. The summed E-state index contributed by atoms with van der Waals surface area (Å²) in [6, 6.07) is 4.93. The molecule has 1 N–H and O–H groups in total. The second kappa shape index (κ2) is 5.29. The summed E-state index contributed by atoms with van der Waals surface area (Å²) in [5.74, 6) is 0.303. The molecule has 4 aliphatic rings. The van der Waals surface area contributed by atoms with Gasteiger partial charge in [-0.1, -0.05) is 6.07 Å². The van der Waals surface area contributed by atoms with E-state index in [1.165, 1.54) is 13.2 Å². The number of rotatable bonds is 4. The monoisotopic (exact) mass is 378 g/mol. The van der Waals surface area contributed by atoms with Crippen LogP contribution in [0.25, 0.3) is 0 Å². The highest BCUT2D eigenvalue weighted by atomic mass is 16.6. The van der Waals surface area contributed by atoms with Gasteiger partial charge in [0.25, 0.3) is 11.1 Å². The van der Waals surface area contributed by atoms with Gasteiger partial charge in [-0.2, -0.15) is 0 Å². The van der Waals surface area contributed by atoms with Gasteiger partial charge in [-0.3, -0.25) is 30.0 Å². The van der Waals surface area contributed by atoms with Crippen molar-refractivity contribution in [3.63, 3.8) is 0 Å². The molecule has 10 nitrogen and oxygen atoms in total. The lowest BCUT2D eigenvalue weighted by Gasteiger charge is -2.65.